The lowest BCUT2D eigenvalue weighted by Crippen LogP contribution is -2.62. The maximum absolute atomic E-state index is 13.6. The minimum atomic E-state index is -1.15. The van der Waals surface area contributed by atoms with Crippen LogP contribution in [0.15, 0.2) is 48.5 Å². The molecular weight excluding hydrogens is 444 g/mol. The van der Waals surface area contributed by atoms with Gasteiger partial charge < -0.3 is 20.1 Å². The maximum Gasteiger partial charge on any atom is 0.408 e. The second-order valence-corrected chi connectivity index (χ2v) is 9.85. The number of aliphatic carboxylic acids is 1. The highest BCUT2D eigenvalue weighted by Gasteiger charge is 2.46. The fraction of sp³-hybridized carbons (Fsp3) is 0.464. The molecule has 0 heterocycles. The highest BCUT2D eigenvalue weighted by molar-refractivity contribution is 5.92. The number of rotatable bonds is 8. The zero-order valence-electron chi connectivity index (χ0n) is 20.5. The van der Waals surface area contributed by atoms with Gasteiger partial charge in [0.1, 0.15) is 18.7 Å². The van der Waals surface area contributed by atoms with Crippen LogP contribution in [0.25, 0.3) is 11.1 Å². The number of alkyl carbamates (subject to hydrolysis) is 1. The van der Waals surface area contributed by atoms with E-state index in [4.69, 9.17) is 4.74 Å². The lowest BCUT2D eigenvalue weighted by atomic mass is 9.75. The second-order valence-electron chi connectivity index (χ2n) is 9.85. The summed E-state index contributed by atoms with van der Waals surface area (Å²) in [5, 5.41) is 12.2. The van der Waals surface area contributed by atoms with Crippen LogP contribution in [0.3, 0.4) is 0 Å². The van der Waals surface area contributed by atoms with Crippen LogP contribution in [0.1, 0.15) is 63.0 Å². The van der Waals surface area contributed by atoms with Crippen LogP contribution in [0.4, 0.5) is 4.79 Å². The molecule has 2 amide bonds. The molecule has 2 atom stereocenters. The van der Waals surface area contributed by atoms with Gasteiger partial charge in [-0.05, 0) is 47.4 Å². The highest BCUT2D eigenvalue weighted by atomic mass is 16.5. The molecule has 35 heavy (non-hydrogen) atoms. The van der Waals surface area contributed by atoms with Crippen molar-refractivity contribution in [2.75, 3.05) is 19.7 Å². The molecule has 4 rings (SSSR count). The number of hydrogen-bond donors (Lipinski definition) is 2. The summed E-state index contributed by atoms with van der Waals surface area (Å²) in [4.78, 5) is 39.5. The van der Waals surface area contributed by atoms with Gasteiger partial charge in [0.05, 0.1) is 0 Å². The molecule has 2 aliphatic rings. The number of carboxylic acids is 1. The number of carboxylic acid groups (broad SMARTS) is 1. The first-order valence-electron chi connectivity index (χ1n) is 12.5. The maximum atomic E-state index is 13.6. The topological polar surface area (TPSA) is 95.9 Å². The fourth-order valence-corrected chi connectivity index (χ4v) is 5.73. The van der Waals surface area contributed by atoms with E-state index in [1.165, 1.54) is 4.90 Å². The summed E-state index contributed by atoms with van der Waals surface area (Å²) in [7, 11) is 0. The van der Waals surface area contributed by atoms with Gasteiger partial charge >= 0.3 is 12.1 Å². The second kappa shape index (κ2) is 10.5. The van der Waals surface area contributed by atoms with E-state index in [1.54, 1.807) is 0 Å². The lowest BCUT2D eigenvalue weighted by Gasteiger charge is -2.41. The Hall–Kier alpha value is -3.35. The van der Waals surface area contributed by atoms with Crippen LogP contribution in [-0.2, 0) is 14.3 Å². The molecule has 0 bridgehead atoms. The Labute approximate surface area is 206 Å². The molecule has 2 unspecified atom stereocenters. The van der Waals surface area contributed by atoms with E-state index in [0.717, 1.165) is 35.1 Å². The van der Waals surface area contributed by atoms with Crippen LogP contribution in [0, 0.1) is 5.92 Å². The van der Waals surface area contributed by atoms with E-state index in [9.17, 15) is 19.5 Å². The van der Waals surface area contributed by atoms with Crippen LogP contribution in [0.2, 0.25) is 0 Å². The number of benzene rings is 2. The molecule has 7 nitrogen and oxygen atoms in total. The monoisotopic (exact) mass is 478 g/mol. The van der Waals surface area contributed by atoms with Crippen molar-refractivity contribution in [3.63, 3.8) is 0 Å². The molecule has 0 aliphatic heterocycles. The molecule has 2 aliphatic carbocycles. The third kappa shape index (κ3) is 5.19. The summed E-state index contributed by atoms with van der Waals surface area (Å²) in [5.74, 6) is -1.24. The molecule has 2 aromatic rings. The van der Waals surface area contributed by atoms with Gasteiger partial charge in [0.15, 0.2) is 0 Å². The van der Waals surface area contributed by atoms with E-state index >= 15 is 0 Å². The van der Waals surface area contributed by atoms with Gasteiger partial charge in [0.2, 0.25) is 5.91 Å². The summed E-state index contributed by atoms with van der Waals surface area (Å²) in [6.45, 7) is 4.06. The number of amides is 2. The van der Waals surface area contributed by atoms with Gasteiger partial charge in [0, 0.05) is 12.5 Å². The van der Waals surface area contributed by atoms with Gasteiger partial charge in [-0.3, -0.25) is 9.59 Å². The number of hydrogen-bond acceptors (Lipinski definition) is 4. The van der Waals surface area contributed by atoms with Crippen LogP contribution < -0.4 is 5.32 Å². The van der Waals surface area contributed by atoms with Gasteiger partial charge in [0.25, 0.3) is 0 Å². The van der Waals surface area contributed by atoms with Crippen molar-refractivity contribution in [2.45, 2.75) is 57.4 Å². The van der Waals surface area contributed by atoms with Crippen molar-refractivity contribution >= 4 is 18.0 Å². The SMILES string of the molecule is CCCN(CC(=O)O)C(=O)C1(NC(=O)OCC2c3ccccc3-c3ccccc32)CCCC(C)C1. The Bertz CT molecular complexity index is 1050. The first kappa shape index (κ1) is 24.8. The number of carbonyl (C=O) groups is 3. The summed E-state index contributed by atoms with van der Waals surface area (Å²) >= 11 is 0. The molecule has 0 radical (unpaired) electrons. The molecule has 2 aromatic carbocycles. The Kier molecular flexibility index (Phi) is 7.43. The van der Waals surface area contributed by atoms with Crippen molar-refractivity contribution in [1.29, 1.82) is 0 Å². The Morgan fingerprint density at radius 3 is 2.29 bits per heavy atom. The first-order chi connectivity index (χ1) is 16.8. The number of nitrogens with zero attached hydrogens (tertiary/aromatic N) is 1. The van der Waals surface area contributed by atoms with E-state index < -0.39 is 17.6 Å². The minimum Gasteiger partial charge on any atom is -0.480 e. The molecule has 186 valence electrons. The summed E-state index contributed by atoms with van der Waals surface area (Å²) in [6.07, 6.45) is 2.68. The highest BCUT2D eigenvalue weighted by Crippen LogP contribution is 2.44. The van der Waals surface area contributed by atoms with Crippen molar-refractivity contribution in [2.24, 2.45) is 5.92 Å². The summed E-state index contributed by atoms with van der Waals surface area (Å²) < 4.78 is 5.74. The lowest BCUT2D eigenvalue weighted by molar-refractivity contribution is -0.148. The smallest absolute Gasteiger partial charge is 0.408 e. The van der Waals surface area contributed by atoms with Crippen molar-refractivity contribution in [1.82, 2.24) is 10.2 Å². The molecule has 0 saturated heterocycles. The third-order valence-corrected chi connectivity index (χ3v) is 7.20. The number of carbonyl (C=O) groups excluding carboxylic acids is 2. The molecule has 0 spiro atoms. The number of ether oxygens (including phenoxy) is 1. The predicted molar refractivity (Wildman–Crippen MR) is 133 cm³/mol. The average molecular weight is 479 g/mol. The van der Waals surface area contributed by atoms with Crippen LogP contribution >= 0.6 is 0 Å². The molecule has 0 aromatic heterocycles. The quantitative estimate of drug-likeness (QED) is 0.568. The third-order valence-electron chi connectivity index (χ3n) is 7.20. The molecular formula is C28H34N2O5. The Balaban J connectivity index is 1.51. The first-order valence-corrected chi connectivity index (χ1v) is 12.5. The van der Waals surface area contributed by atoms with Gasteiger partial charge in [-0.1, -0.05) is 75.2 Å². The van der Waals surface area contributed by atoms with E-state index in [1.807, 2.05) is 31.2 Å². The van der Waals surface area contributed by atoms with Crippen molar-refractivity contribution < 1.29 is 24.2 Å². The Morgan fingerprint density at radius 1 is 1.09 bits per heavy atom. The van der Waals surface area contributed by atoms with Crippen molar-refractivity contribution in [3.05, 3.63) is 59.7 Å². The number of fused-ring (bicyclic) bond motifs is 3. The standard InChI is InChI=1S/C28H34N2O5/c1-3-15-30(17-25(31)32)26(33)28(14-8-9-19(2)16-28)29-27(34)35-18-24-22-12-6-4-10-20(22)21-11-5-7-13-23(21)24/h4-7,10-13,19,24H,3,8-9,14-18H2,1-2H3,(H,29,34)(H,31,32). The normalized spacial score (nSPS) is 21.0. The molecule has 1 saturated carbocycles. The summed E-state index contributed by atoms with van der Waals surface area (Å²) in [5.41, 5.74) is 3.39. The van der Waals surface area contributed by atoms with Crippen LogP contribution in [-0.4, -0.2) is 53.2 Å². The zero-order valence-corrected chi connectivity index (χ0v) is 20.5. The average Bonchev–Trinajstić information content (AvgIpc) is 3.15. The van der Waals surface area contributed by atoms with E-state index in [2.05, 4.69) is 36.5 Å². The molecule has 2 N–H and O–H groups in total. The zero-order chi connectivity index (χ0) is 25.0. The van der Waals surface area contributed by atoms with E-state index in [-0.39, 0.29) is 30.9 Å². The van der Waals surface area contributed by atoms with Crippen LogP contribution in [0.5, 0.6) is 0 Å². The van der Waals surface area contributed by atoms with Gasteiger partial charge in [-0.2, -0.15) is 0 Å². The fourth-order valence-electron chi connectivity index (χ4n) is 5.73. The largest absolute Gasteiger partial charge is 0.480 e. The molecule has 1 fully saturated rings. The van der Waals surface area contributed by atoms with Crippen molar-refractivity contribution in [3.8, 4) is 11.1 Å². The minimum absolute atomic E-state index is 0.0753. The Morgan fingerprint density at radius 2 is 1.71 bits per heavy atom. The van der Waals surface area contributed by atoms with E-state index in [0.29, 0.717) is 25.8 Å². The predicted octanol–water partition coefficient (Wildman–Crippen LogP) is 4.80. The van der Waals surface area contributed by atoms with Gasteiger partial charge in [-0.25, -0.2) is 4.79 Å². The van der Waals surface area contributed by atoms with Gasteiger partial charge in [-0.15, -0.1) is 0 Å². The summed E-state index contributed by atoms with van der Waals surface area (Å²) in [6, 6.07) is 16.3. The molecule has 7 heteroatoms. The number of nitrogens with one attached hydrogen (secondary N) is 1.